The van der Waals surface area contributed by atoms with Crippen molar-refractivity contribution in [3.05, 3.63) is 36.0 Å². The average Bonchev–Trinajstić information content (AvgIpc) is 3.04. The molecule has 0 aliphatic carbocycles. The molecule has 2 amide bonds. The minimum Gasteiger partial charge on any atom is -0.480 e. The van der Waals surface area contributed by atoms with Crippen LogP contribution in [0.5, 0.6) is 0 Å². The first-order valence-corrected chi connectivity index (χ1v) is 9.06. The Kier molecular flexibility index (Phi) is 9.69. The third-order valence-corrected chi connectivity index (χ3v) is 4.11. The number of benzene rings is 1. The summed E-state index contributed by atoms with van der Waals surface area (Å²) >= 11 is 0. The highest BCUT2D eigenvalue weighted by Crippen LogP contribution is 2.19. The number of aromatic nitrogens is 1. The molecule has 1 heterocycles. The fourth-order valence-corrected chi connectivity index (χ4v) is 2.62. The molecular weight excluding hydrogens is 362 g/mol. The fourth-order valence-electron chi connectivity index (χ4n) is 2.62. The quantitative estimate of drug-likeness (QED) is 0.333. The van der Waals surface area contributed by atoms with Gasteiger partial charge in [-0.05, 0) is 31.0 Å². The first-order chi connectivity index (χ1) is 13.3. The van der Waals surface area contributed by atoms with Crippen LogP contribution in [-0.4, -0.2) is 46.5 Å². The summed E-state index contributed by atoms with van der Waals surface area (Å²) in [6.07, 6.45) is 4.47. The normalized spacial score (nSPS) is 12.5. The first-order valence-electron chi connectivity index (χ1n) is 9.06. The molecule has 0 radical (unpaired) electrons. The molecule has 154 valence electrons. The molecular formula is C19H29N5O4. The smallest absolute Gasteiger partial charge is 0.326 e. The molecule has 0 aliphatic rings. The van der Waals surface area contributed by atoms with Crippen LogP contribution in [0.2, 0.25) is 0 Å². The van der Waals surface area contributed by atoms with Gasteiger partial charge in [0.1, 0.15) is 6.04 Å². The molecule has 28 heavy (non-hydrogen) atoms. The van der Waals surface area contributed by atoms with Gasteiger partial charge in [-0.25, -0.2) is 4.79 Å². The number of unbranched alkanes of at least 4 members (excludes halogenated alkanes) is 1. The van der Waals surface area contributed by atoms with E-state index in [1.54, 1.807) is 6.20 Å². The number of hydrogen-bond donors (Lipinski definition) is 6. The lowest BCUT2D eigenvalue weighted by Gasteiger charge is -2.12. The molecule has 2 unspecified atom stereocenters. The summed E-state index contributed by atoms with van der Waals surface area (Å²) in [5.74, 6) is -1.81. The molecule has 9 nitrogen and oxygen atoms in total. The zero-order valence-corrected chi connectivity index (χ0v) is 16.0. The number of H-pyrrole nitrogens is 1. The van der Waals surface area contributed by atoms with Gasteiger partial charge < -0.3 is 32.6 Å². The number of para-hydroxylation sites is 1. The molecule has 0 bridgehead atoms. The van der Waals surface area contributed by atoms with Gasteiger partial charge in [0.25, 0.3) is 0 Å². The maximum absolute atomic E-state index is 11.1. The number of carbonyl (C=O) groups excluding carboxylic acids is 2. The fraction of sp³-hybridized carbons (Fsp3) is 0.421. The van der Waals surface area contributed by atoms with E-state index >= 15 is 0 Å². The lowest BCUT2D eigenvalue weighted by atomic mass is 10.1. The second-order valence-electron chi connectivity index (χ2n) is 6.45. The number of carboxylic acid groups (broad SMARTS) is 1. The molecule has 0 spiro atoms. The SMILES string of the molecule is CC(=O)NC(Cc1c[nH]c2ccccc12)C(=O)O.NCCCCC(N)C(N)=O. The number of nitrogens with two attached hydrogens (primary N) is 3. The molecule has 2 atom stereocenters. The maximum Gasteiger partial charge on any atom is 0.326 e. The van der Waals surface area contributed by atoms with Crippen molar-refractivity contribution in [3.63, 3.8) is 0 Å². The summed E-state index contributed by atoms with van der Waals surface area (Å²) in [6.45, 7) is 1.96. The van der Waals surface area contributed by atoms with Crippen LogP contribution in [0.25, 0.3) is 10.9 Å². The Morgan fingerprint density at radius 1 is 1.21 bits per heavy atom. The van der Waals surface area contributed by atoms with Crippen LogP contribution in [0.3, 0.4) is 0 Å². The largest absolute Gasteiger partial charge is 0.480 e. The lowest BCUT2D eigenvalue weighted by Crippen LogP contribution is -2.41. The van der Waals surface area contributed by atoms with Crippen molar-refractivity contribution in [3.8, 4) is 0 Å². The Labute approximate surface area is 163 Å². The number of amides is 2. The standard InChI is InChI=1S/C13H14N2O3.C6H15N3O/c1-8(16)15-12(13(17)18)6-9-7-14-11-5-3-2-4-10(9)11;7-4-2-1-3-5(8)6(9)10/h2-5,7,12,14H,6H2,1H3,(H,15,16)(H,17,18);5H,1-4,7-8H2,(H2,9,10). The number of carbonyl (C=O) groups is 3. The molecule has 1 aromatic heterocycles. The highest BCUT2D eigenvalue weighted by atomic mass is 16.4. The Morgan fingerprint density at radius 2 is 1.89 bits per heavy atom. The van der Waals surface area contributed by atoms with Gasteiger partial charge in [0.15, 0.2) is 0 Å². The molecule has 1 aromatic carbocycles. The number of aliphatic carboxylic acids is 1. The summed E-state index contributed by atoms with van der Waals surface area (Å²) in [7, 11) is 0. The van der Waals surface area contributed by atoms with Gasteiger partial charge >= 0.3 is 5.97 Å². The summed E-state index contributed by atoms with van der Waals surface area (Å²) in [5, 5.41) is 12.5. The van der Waals surface area contributed by atoms with Crippen molar-refractivity contribution in [1.29, 1.82) is 0 Å². The van der Waals surface area contributed by atoms with E-state index in [0.717, 1.165) is 29.3 Å². The van der Waals surface area contributed by atoms with Gasteiger partial charge in [-0.1, -0.05) is 24.6 Å². The molecule has 9 N–H and O–H groups in total. The van der Waals surface area contributed by atoms with Crippen LogP contribution in [0.4, 0.5) is 0 Å². The van der Waals surface area contributed by atoms with Crippen molar-refractivity contribution in [2.24, 2.45) is 17.2 Å². The van der Waals surface area contributed by atoms with Crippen molar-refractivity contribution in [2.75, 3.05) is 6.54 Å². The van der Waals surface area contributed by atoms with E-state index in [0.29, 0.717) is 13.0 Å². The van der Waals surface area contributed by atoms with Crippen molar-refractivity contribution >= 4 is 28.7 Å². The van der Waals surface area contributed by atoms with Gasteiger partial charge in [-0.2, -0.15) is 0 Å². The first kappa shape index (κ1) is 23.1. The molecule has 2 aromatic rings. The van der Waals surface area contributed by atoms with Crippen LogP contribution in [0.1, 0.15) is 31.7 Å². The number of carboxylic acids is 1. The molecule has 2 rings (SSSR count). The van der Waals surface area contributed by atoms with E-state index in [2.05, 4.69) is 10.3 Å². The summed E-state index contributed by atoms with van der Waals surface area (Å²) in [6, 6.07) is 6.26. The van der Waals surface area contributed by atoms with Gasteiger partial charge in [-0.15, -0.1) is 0 Å². The maximum atomic E-state index is 11.1. The lowest BCUT2D eigenvalue weighted by molar-refractivity contribution is -0.141. The summed E-state index contributed by atoms with van der Waals surface area (Å²) in [5.41, 5.74) is 17.3. The van der Waals surface area contributed by atoms with Crippen molar-refractivity contribution < 1.29 is 19.5 Å². The highest BCUT2D eigenvalue weighted by Gasteiger charge is 2.20. The molecule has 0 saturated carbocycles. The zero-order chi connectivity index (χ0) is 21.1. The van der Waals surface area contributed by atoms with E-state index in [4.69, 9.17) is 22.3 Å². The minimum atomic E-state index is -1.03. The Balaban J connectivity index is 0.000000336. The Hall–Kier alpha value is -2.91. The third kappa shape index (κ3) is 7.77. The van der Waals surface area contributed by atoms with Gasteiger partial charge in [0, 0.05) is 30.4 Å². The minimum absolute atomic E-state index is 0.263. The molecule has 0 saturated heterocycles. The van der Waals surface area contributed by atoms with E-state index in [1.165, 1.54) is 6.92 Å². The second kappa shape index (κ2) is 11.7. The topological polar surface area (TPSA) is 177 Å². The Morgan fingerprint density at radius 3 is 2.46 bits per heavy atom. The van der Waals surface area contributed by atoms with E-state index in [1.807, 2.05) is 24.3 Å². The summed E-state index contributed by atoms with van der Waals surface area (Å²) < 4.78 is 0. The van der Waals surface area contributed by atoms with E-state index in [-0.39, 0.29) is 12.3 Å². The van der Waals surface area contributed by atoms with Crippen LogP contribution < -0.4 is 22.5 Å². The molecule has 0 aliphatic heterocycles. The van der Waals surface area contributed by atoms with Crippen molar-refractivity contribution in [1.82, 2.24) is 10.3 Å². The number of aromatic amines is 1. The van der Waals surface area contributed by atoms with Gasteiger partial charge in [0.2, 0.25) is 11.8 Å². The zero-order valence-electron chi connectivity index (χ0n) is 16.0. The molecule has 9 heteroatoms. The molecule has 0 fully saturated rings. The van der Waals surface area contributed by atoms with E-state index in [9.17, 15) is 14.4 Å². The monoisotopic (exact) mass is 391 g/mol. The van der Waals surface area contributed by atoms with Crippen LogP contribution >= 0.6 is 0 Å². The van der Waals surface area contributed by atoms with Crippen LogP contribution in [-0.2, 0) is 20.8 Å². The van der Waals surface area contributed by atoms with Crippen LogP contribution in [0.15, 0.2) is 30.5 Å². The Bertz CT molecular complexity index is 789. The highest BCUT2D eigenvalue weighted by molar-refractivity contribution is 5.86. The third-order valence-electron chi connectivity index (χ3n) is 4.11. The predicted octanol–water partition coefficient (Wildman–Crippen LogP) is 0.228. The van der Waals surface area contributed by atoms with Gasteiger partial charge in [-0.3, -0.25) is 9.59 Å². The number of rotatable bonds is 9. The number of nitrogens with one attached hydrogen (secondary N) is 2. The summed E-state index contributed by atoms with van der Waals surface area (Å²) in [4.78, 5) is 35.5. The van der Waals surface area contributed by atoms with Crippen molar-refractivity contribution in [2.45, 2.75) is 44.7 Å². The predicted molar refractivity (Wildman–Crippen MR) is 107 cm³/mol. The second-order valence-corrected chi connectivity index (χ2v) is 6.45. The van der Waals surface area contributed by atoms with E-state index < -0.39 is 24.0 Å². The number of hydrogen-bond acceptors (Lipinski definition) is 5. The van der Waals surface area contributed by atoms with Gasteiger partial charge in [0.05, 0.1) is 6.04 Å². The average molecular weight is 391 g/mol. The van der Waals surface area contributed by atoms with Crippen LogP contribution in [0, 0.1) is 0 Å². The number of fused-ring (bicyclic) bond motifs is 1. The number of primary amides is 1.